The molecule has 1 aliphatic rings. The van der Waals surface area contributed by atoms with E-state index in [9.17, 15) is 14.9 Å². The average Bonchev–Trinajstić information content (AvgIpc) is 3.03. The van der Waals surface area contributed by atoms with Gasteiger partial charge in [-0.15, -0.1) is 0 Å². The molecule has 1 atom stereocenters. The highest BCUT2D eigenvalue weighted by molar-refractivity contribution is 5.95. The van der Waals surface area contributed by atoms with Gasteiger partial charge in [-0.3, -0.25) is 14.9 Å². The zero-order valence-electron chi connectivity index (χ0n) is 13.6. The van der Waals surface area contributed by atoms with Crippen molar-refractivity contribution in [3.05, 3.63) is 69.3 Å². The molecule has 2 aromatic rings. The molecule has 0 aliphatic heterocycles. The fourth-order valence-electron chi connectivity index (χ4n) is 3.25. The van der Waals surface area contributed by atoms with E-state index in [1.54, 1.807) is 18.0 Å². The van der Waals surface area contributed by atoms with Crippen LogP contribution in [-0.2, 0) is 6.42 Å². The van der Waals surface area contributed by atoms with E-state index in [0.29, 0.717) is 0 Å². The third kappa shape index (κ3) is 2.71. The van der Waals surface area contributed by atoms with Crippen LogP contribution in [-0.4, -0.2) is 29.9 Å². The van der Waals surface area contributed by atoms with E-state index in [1.807, 2.05) is 18.2 Å². The maximum absolute atomic E-state index is 12.8. The number of fused-ring (bicyclic) bond motifs is 1. The highest BCUT2D eigenvalue weighted by Gasteiger charge is 2.29. The van der Waals surface area contributed by atoms with Gasteiger partial charge in [0.2, 0.25) is 0 Å². The van der Waals surface area contributed by atoms with Gasteiger partial charge in [-0.25, -0.2) is 0 Å². The number of rotatable bonds is 4. The molecule has 24 heavy (non-hydrogen) atoms. The van der Waals surface area contributed by atoms with Gasteiger partial charge in [0.25, 0.3) is 5.91 Å². The van der Waals surface area contributed by atoms with Crippen molar-refractivity contribution in [1.82, 2.24) is 4.90 Å². The molecule has 0 N–H and O–H groups in total. The first-order chi connectivity index (χ1) is 11.5. The van der Waals surface area contributed by atoms with Crippen LogP contribution in [0.3, 0.4) is 0 Å². The van der Waals surface area contributed by atoms with Crippen molar-refractivity contribution >= 4 is 11.6 Å². The Morgan fingerprint density at radius 2 is 2.04 bits per heavy atom. The number of nitro groups is 1. The molecule has 0 saturated carbocycles. The number of methoxy groups -OCH3 is 1. The molecule has 2 aromatic carbocycles. The Labute approximate surface area is 139 Å². The van der Waals surface area contributed by atoms with Crippen LogP contribution in [0, 0.1) is 10.1 Å². The van der Waals surface area contributed by atoms with Gasteiger partial charge >= 0.3 is 5.69 Å². The number of hydrogen-bond donors (Lipinski definition) is 0. The molecule has 0 radical (unpaired) electrons. The first-order valence-electron chi connectivity index (χ1n) is 7.70. The zero-order valence-corrected chi connectivity index (χ0v) is 13.6. The summed E-state index contributed by atoms with van der Waals surface area (Å²) in [6, 6.07) is 12.4. The molecule has 0 heterocycles. The lowest BCUT2D eigenvalue weighted by molar-refractivity contribution is -0.385. The summed E-state index contributed by atoms with van der Waals surface area (Å²) in [6.45, 7) is 0. The summed E-state index contributed by atoms with van der Waals surface area (Å²) < 4.78 is 4.98. The predicted octanol–water partition coefficient (Wildman–Crippen LogP) is 3.36. The largest absolute Gasteiger partial charge is 0.490 e. The van der Waals surface area contributed by atoms with Crippen molar-refractivity contribution in [2.45, 2.75) is 18.9 Å². The molecule has 0 unspecified atom stereocenters. The molecule has 1 aliphatic carbocycles. The van der Waals surface area contributed by atoms with Crippen molar-refractivity contribution in [3.63, 3.8) is 0 Å². The molecule has 0 fully saturated rings. The summed E-state index contributed by atoms with van der Waals surface area (Å²) in [4.78, 5) is 25.0. The van der Waals surface area contributed by atoms with Crippen LogP contribution in [0.15, 0.2) is 42.5 Å². The molecule has 0 spiro atoms. The van der Waals surface area contributed by atoms with Crippen LogP contribution in [0.2, 0.25) is 0 Å². The van der Waals surface area contributed by atoms with Crippen LogP contribution < -0.4 is 4.74 Å². The van der Waals surface area contributed by atoms with Gasteiger partial charge in [0.15, 0.2) is 5.75 Å². The van der Waals surface area contributed by atoms with Gasteiger partial charge in [0.1, 0.15) is 0 Å². The normalized spacial score (nSPS) is 15.7. The fraction of sp³-hybridized carbons (Fsp3) is 0.278. The maximum atomic E-state index is 12.8. The van der Waals surface area contributed by atoms with Gasteiger partial charge < -0.3 is 9.64 Å². The van der Waals surface area contributed by atoms with Crippen molar-refractivity contribution in [3.8, 4) is 5.75 Å². The third-order valence-electron chi connectivity index (χ3n) is 4.51. The molecule has 0 bridgehead atoms. The monoisotopic (exact) mass is 326 g/mol. The summed E-state index contributed by atoms with van der Waals surface area (Å²) in [5.41, 5.74) is 2.48. The molecular weight excluding hydrogens is 308 g/mol. The quantitative estimate of drug-likeness (QED) is 0.638. The standard InChI is InChI=1S/C18H18N2O4/c1-19(15-9-7-12-5-3-4-6-14(12)15)18(21)13-8-10-17(24-2)16(11-13)20(22)23/h3-6,8,10-11,15H,7,9H2,1-2H3/t15-/m0/s1. The van der Waals surface area contributed by atoms with Crippen molar-refractivity contribution in [2.75, 3.05) is 14.2 Å². The summed E-state index contributed by atoms with van der Waals surface area (Å²) in [5.74, 6) is -0.0899. The molecule has 124 valence electrons. The maximum Gasteiger partial charge on any atom is 0.311 e. The Morgan fingerprint density at radius 3 is 2.75 bits per heavy atom. The Bertz CT molecular complexity index is 803. The molecular formula is C18H18N2O4. The number of ether oxygens (including phenoxy) is 1. The smallest absolute Gasteiger partial charge is 0.311 e. The lowest BCUT2D eigenvalue weighted by Gasteiger charge is -2.25. The zero-order chi connectivity index (χ0) is 17.3. The van der Waals surface area contributed by atoms with Crippen LogP contribution in [0.1, 0.15) is 33.9 Å². The Kier molecular flexibility index (Phi) is 4.20. The van der Waals surface area contributed by atoms with Crippen molar-refractivity contribution in [1.29, 1.82) is 0 Å². The molecule has 0 saturated heterocycles. The molecule has 3 rings (SSSR count). The number of hydrogen-bond acceptors (Lipinski definition) is 4. The van der Waals surface area contributed by atoms with Crippen molar-refractivity contribution < 1.29 is 14.5 Å². The summed E-state index contributed by atoms with van der Waals surface area (Å²) in [7, 11) is 3.11. The highest BCUT2D eigenvalue weighted by Crippen LogP contribution is 2.36. The number of carbonyl (C=O) groups is 1. The van der Waals surface area contributed by atoms with Crippen LogP contribution in [0.4, 0.5) is 5.69 Å². The Hall–Kier alpha value is -2.89. The van der Waals surface area contributed by atoms with E-state index < -0.39 is 4.92 Å². The SMILES string of the molecule is COc1ccc(C(=O)N(C)[C@H]2CCc3ccccc32)cc1[N+](=O)[O-]. The highest BCUT2D eigenvalue weighted by atomic mass is 16.6. The second-order valence-corrected chi connectivity index (χ2v) is 5.81. The van der Waals surface area contributed by atoms with Gasteiger partial charge in [0.05, 0.1) is 18.1 Å². The number of nitrogens with zero attached hydrogens (tertiary/aromatic N) is 2. The first kappa shape index (κ1) is 16.0. The minimum atomic E-state index is -0.541. The van der Waals surface area contributed by atoms with Gasteiger partial charge in [-0.2, -0.15) is 0 Å². The van der Waals surface area contributed by atoms with Gasteiger partial charge in [0, 0.05) is 18.7 Å². The summed E-state index contributed by atoms with van der Waals surface area (Å²) in [6.07, 6.45) is 1.79. The Balaban J connectivity index is 1.90. The van der Waals surface area contributed by atoms with E-state index in [2.05, 4.69) is 6.07 Å². The molecule has 6 nitrogen and oxygen atoms in total. The second-order valence-electron chi connectivity index (χ2n) is 5.81. The number of benzene rings is 2. The predicted molar refractivity (Wildman–Crippen MR) is 89.2 cm³/mol. The number of carbonyl (C=O) groups excluding carboxylic acids is 1. The first-order valence-corrected chi connectivity index (χ1v) is 7.70. The minimum absolute atomic E-state index is 0.00476. The third-order valence-corrected chi connectivity index (χ3v) is 4.51. The number of nitro benzene ring substituents is 1. The average molecular weight is 326 g/mol. The van der Waals surface area contributed by atoms with Gasteiger partial charge in [-0.05, 0) is 36.1 Å². The van der Waals surface area contributed by atoms with E-state index in [0.717, 1.165) is 18.4 Å². The van der Waals surface area contributed by atoms with E-state index in [1.165, 1.54) is 24.8 Å². The summed E-state index contributed by atoms with van der Waals surface area (Å²) in [5, 5.41) is 11.1. The second kappa shape index (κ2) is 6.31. The lowest BCUT2D eigenvalue weighted by Crippen LogP contribution is -2.30. The molecule has 0 aromatic heterocycles. The van der Waals surface area contributed by atoms with Crippen LogP contribution >= 0.6 is 0 Å². The van der Waals surface area contributed by atoms with E-state index in [4.69, 9.17) is 4.74 Å². The number of aryl methyl sites for hydroxylation is 1. The van der Waals surface area contributed by atoms with Crippen LogP contribution in [0.5, 0.6) is 5.75 Å². The molecule has 1 amide bonds. The number of amides is 1. The molecule has 6 heteroatoms. The topological polar surface area (TPSA) is 72.7 Å². The van der Waals surface area contributed by atoms with E-state index in [-0.39, 0.29) is 28.9 Å². The van der Waals surface area contributed by atoms with Crippen molar-refractivity contribution in [2.24, 2.45) is 0 Å². The summed E-state index contributed by atoms with van der Waals surface area (Å²) >= 11 is 0. The minimum Gasteiger partial charge on any atom is -0.490 e. The van der Waals surface area contributed by atoms with Crippen LogP contribution in [0.25, 0.3) is 0 Å². The van der Waals surface area contributed by atoms with E-state index >= 15 is 0 Å². The van der Waals surface area contributed by atoms with Gasteiger partial charge in [-0.1, -0.05) is 24.3 Å². The Morgan fingerprint density at radius 1 is 1.29 bits per heavy atom. The fourth-order valence-corrected chi connectivity index (χ4v) is 3.25. The lowest BCUT2D eigenvalue weighted by atomic mass is 10.1.